The zero-order valence-electron chi connectivity index (χ0n) is 8.61. The molecule has 0 amide bonds. The van der Waals surface area contributed by atoms with Gasteiger partial charge in [0.25, 0.3) is 5.56 Å². The maximum Gasteiger partial charge on any atom is 0.282 e. The molecule has 2 heterocycles. The number of aromatic nitrogens is 5. The van der Waals surface area contributed by atoms with Crippen molar-refractivity contribution in [3.05, 3.63) is 10.4 Å². The Morgan fingerprint density at radius 3 is 3.07 bits per heavy atom. The summed E-state index contributed by atoms with van der Waals surface area (Å²) < 4.78 is 1.47. The lowest BCUT2D eigenvalue weighted by atomic mass is 10.5. The van der Waals surface area contributed by atoms with Gasteiger partial charge in [0.15, 0.2) is 11.2 Å². The van der Waals surface area contributed by atoms with E-state index in [1.165, 1.54) is 4.68 Å². The number of nitrogens with one attached hydrogen (secondary N) is 2. The van der Waals surface area contributed by atoms with E-state index >= 15 is 0 Å². The first kappa shape index (κ1) is 9.63. The Kier molecular flexibility index (Phi) is 2.36. The van der Waals surface area contributed by atoms with Gasteiger partial charge in [-0.3, -0.25) is 9.78 Å². The Bertz CT molecular complexity index is 527. The summed E-state index contributed by atoms with van der Waals surface area (Å²) >= 11 is 0. The van der Waals surface area contributed by atoms with Crippen molar-refractivity contribution in [3.63, 3.8) is 0 Å². The molecule has 0 bridgehead atoms. The first-order valence-electron chi connectivity index (χ1n) is 4.76. The summed E-state index contributed by atoms with van der Waals surface area (Å²) in [6.45, 7) is 2.80. The molecule has 0 radical (unpaired) electrons. The molecule has 2 aromatic rings. The number of H-pyrrole nitrogens is 1. The maximum atomic E-state index is 11.5. The predicted octanol–water partition coefficient (Wildman–Crippen LogP) is -0.127. The van der Waals surface area contributed by atoms with Gasteiger partial charge in [0.1, 0.15) is 0 Å². The topological polar surface area (TPSA) is 88.5 Å². The molecule has 15 heavy (non-hydrogen) atoms. The summed E-state index contributed by atoms with van der Waals surface area (Å²) in [4.78, 5) is 18.3. The Morgan fingerprint density at radius 2 is 2.33 bits per heavy atom. The lowest BCUT2D eigenvalue weighted by Gasteiger charge is -2.02. The van der Waals surface area contributed by atoms with E-state index in [0.717, 1.165) is 13.0 Å². The molecule has 2 rings (SSSR count). The maximum absolute atomic E-state index is 11.5. The number of nitrogens with zero attached hydrogens (tertiary/aromatic N) is 4. The van der Waals surface area contributed by atoms with Crippen molar-refractivity contribution in [1.82, 2.24) is 25.0 Å². The molecule has 2 aromatic heterocycles. The van der Waals surface area contributed by atoms with Gasteiger partial charge < -0.3 is 5.32 Å². The van der Waals surface area contributed by atoms with Crippen molar-refractivity contribution in [2.75, 3.05) is 11.9 Å². The monoisotopic (exact) mass is 208 g/mol. The summed E-state index contributed by atoms with van der Waals surface area (Å²) in [5.41, 5.74) is 0.476. The van der Waals surface area contributed by atoms with Crippen molar-refractivity contribution in [1.29, 1.82) is 0 Å². The van der Waals surface area contributed by atoms with Gasteiger partial charge in [-0.1, -0.05) is 12.1 Å². The molecule has 0 fully saturated rings. The Morgan fingerprint density at radius 1 is 1.53 bits per heavy atom. The molecule has 80 valence electrons. The van der Waals surface area contributed by atoms with E-state index in [1.54, 1.807) is 7.05 Å². The molecular weight excluding hydrogens is 196 g/mol. The number of hydrogen-bond donors (Lipinski definition) is 2. The summed E-state index contributed by atoms with van der Waals surface area (Å²) in [5.74, 6) is 0.458. The van der Waals surface area contributed by atoms with Crippen LogP contribution in [0.3, 0.4) is 0 Å². The first-order valence-corrected chi connectivity index (χ1v) is 4.76. The van der Waals surface area contributed by atoms with E-state index in [9.17, 15) is 4.79 Å². The van der Waals surface area contributed by atoms with Crippen LogP contribution in [0, 0.1) is 0 Å². The second-order valence-electron chi connectivity index (χ2n) is 3.23. The fourth-order valence-electron chi connectivity index (χ4n) is 1.25. The van der Waals surface area contributed by atoms with Crippen molar-refractivity contribution in [3.8, 4) is 0 Å². The van der Waals surface area contributed by atoms with Crippen molar-refractivity contribution in [2.24, 2.45) is 7.05 Å². The molecule has 0 aliphatic carbocycles. The summed E-state index contributed by atoms with van der Waals surface area (Å²) in [6.07, 6.45) is 0.964. The van der Waals surface area contributed by atoms with E-state index in [2.05, 4.69) is 25.6 Å². The molecule has 0 aliphatic rings. The summed E-state index contributed by atoms with van der Waals surface area (Å²) in [7, 11) is 1.70. The van der Waals surface area contributed by atoms with Gasteiger partial charge in [0, 0.05) is 13.6 Å². The second kappa shape index (κ2) is 3.68. The van der Waals surface area contributed by atoms with Gasteiger partial charge in [-0.05, 0) is 6.42 Å². The summed E-state index contributed by atoms with van der Waals surface area (Å²) in [6, 6.07) is 0. The van der Waals surface area contributed by atoms with E-state index < -0.39 is 0 Å². The van der Waals surface area contributed by atoms with Gasteiger partial charge in [-0.2, -0.15) is 4.98 Å². The molecule has 2 N–H and O–H groups in total. The number of fused-ring (bicyclic) bond motifs is 1. The minimum atomic E-state index is -0.272. The van der Waals surface area contributed by atoms with Crippen LogP contribution < -0.4 is 10.9 Å². The van der Waals surface area contributed by atoms with Crippen LogP contribution in [0.15, 0.2) is 4.79 Å². The van der Waals surface area contributed by atoms with Crippen LogP contribution in [0.4, 0.5) is 5.95 Å². The lowest BCUT2D eigenvalue weighted by Crippen LogP contribution is -2.14. The van der Waals surface area contributed by atoms with Crippen molar-refractivity contribution in [2.45, 2.75) is 13.3 Å². The minimum absolute atomic E-state index is 0.263. The van der Waals surface area contributed by atoms with E-state index in [-0.39, 0.29) is 11.1 Å². The van der Waals surface area contributed by atoms with Gasteiger partial charge in [0.2, 0.25) is 5.95 Å². The van der Waals surface area contributed by atoms with Gasteiger partial charge >= 0.3 is 0 Å². The minimum Gasteiger partial charge on any atom is -0.356 e. The highest BCUT2D eigenvalue weighted by Crippen LogP contribution is 2.03. The van der Waals surface area contributed by atoms with Crippen molar-refractivity contribution < 1.29 is 0 Å². The Hall–Kier alpha value is -1.92. The highest BCUT2D eigenvalue weighted by atomic mass is 16.1. The molecule has 0 unspecified atom stereocenters. The molecule has 0 aliphatic heterocycles. The Balaban J connectivity index is 2.50. The SMILES string of the molecule is CCCNc1nc2c(nnn2C)c(=O)[nH]1. The fraction of sp³-hybridized carbons (Fsp3) is 0.500. The van der Waals surface area contributed by atoms with Gasteiger partial charge in [-0.25, -0.2) is 4.68 Å². The lowest BCUT2D eigenvalue weighted by molar-refractivity contribution is 0.729. The van der Waals surface area contributed by atoms with Crippen LogP contribution in [0.25, 0.3) is 11.2 Å². The quantitative estimate of drug-likeness (QED) is 0.733. The first-order chi connectivity index (χ1) is 7.22. The third kappa shape index (κ3) is 1.67. The predicted molar refractivity (Wildman–Crippen MR) is 55.7 cm³/mol. The third-order valence-corrected chi connectivity index (χ3v) is 2.00. The average molecular weight is 208 g/mol. The van der Waals surface area contributed by atoms with Crippen LogP contribution in [-0.4, -0.2) is 31.5 Å². The van der Waals surface area contributed by atoms with Crippen LogP contribution in [0.5, 0.6) is 0 Å². The van der Waals surface area contributed by atoms with Crippen LogP contribution in [0.1, 0.15) is 13.3 Å². The zero-order chi connectivity index (χ0) is 10.8. The van der Waals surface area contributed by atoms with Gasteiger partial charge in [0.05, 0.1) is 0 Å². The van der Waals surface area contributed by atoms with Crippen LogP contribution in [0.2, 0.25) is 0 Å². The van der Waals surface area contributed by atoms with E-state index in [1.807, 2.05) is 6.92 Å². The largest absolute Gasteiger partial charge is 0.356 e. The molecule has 0 saturated carbocycles. The molecule has 7 heteroatoms. The molecule has 0 atom stereocenters. The molecular formula is C8H12N6O. The molecule has 0 saturated heterocycles. The van der Waals surface area contributed by atoms with E-state index in [4.69, 9.17) is 0 Å². The third-order valence-electron chi connectivity index (χ3n) is 2.00. The second-order valence-corrected chi connectivity index (χ2v) is 3.23. The molecule has 0 aromatic carbocycles. The number of hydrogen-bond acceptors (Lipinski definition) is 5. The normalized spacial score (nSPS) is 10.8. The number of aryl methyl sites for hydroxylation is 1. The summed E-state index contributed by atoms with van der Waals surface area (Å²) in [5, 5.41) is 10.5. The van der Waals surface area contributed by atoms with Crippen LogP contribution in [-0.2, 0) is 7.05 Å². The zero-order valence-corrected chi connectivity index (χ0v) is 8.61. The Labute approximate surface area is 85.5 Å². The molecule has 0 spiro atoms. The number of aromatic amines is 1. The standard InChI is InChI=1S/C8H12N6O/c1-3-4-9-8-10-6-5(7(15)11-8)12-13-14(6)2/h3-4H2,1-2H3,(H2,9,10,11,15). The number of rotatable bonds is 3. The smallest absolute Gasteiger partial charge is 0.282 e. The van der Waals surface area contributed by atoms with Crippen LogP contribution >= 0.6 is 0 Å². The fourth-order valence-corrected chi connectivity index (χ4v) is 1.25. The van der Waals surface area contributed by atoms with E-state index in [0.29, 0.717) is 11.6 Å². The average Bonchev–Trinajstić information content (AvgIpc) is 2.58. The highest BCUT2D eigenvalue weighted by Gasteiger charge is 2.08. The van der Waals surface area contributed by atoms with Gasteiger partial charge in [-0.15, -0.1) is 5.10 Å². The van der Waals surface area contributed by atoms with Crippen molar-refractivity contribution >= 4 is 17.1 Å². The molecule has 7 nitrogen and oxygen atoms in total. The highest BCUT2D eigenvalue weighted by molar-refractivity contribution is 5.69. The number of anilines is 1.